The van der Waals surface area contributed by atoms with Gasteiger partial charge in [0.15, 0.2) is 5.78 Å². The molecule has 2 rings (SSSR count). The molecule has 0 saturated heterocycles. The van der Waals surface area contributed by atoms with Gasteiger partial charge in [0, 0.05) is 5.56 Å². The molecule has 0 spiro atoms. The van der Waals surface area contributed by atoms with E-state index in [4.69, 9.17) is 9.53 Å². The van der Waals surface area contributed by atoms with Crippen LogP contribution in [0.3, 0.4) is 0 Å². The second kappa shape index (κ2) is 10.4. The third kappa shape index (κ3) is 6.52. The number of carbonyl (C=O) groups is 2. The van der Waals surface area contributed by atoms with Crippen molar-refractivity contribution in [3.63, 3.8) is 0 Å². The van der Waals surface area contributed by atoms with Gasteiger partial charge in [0.2, 0.25) is 0 Å². The Morgan fingerprint density at radius 2 is 1.24 bits per heavy atom. The molecule has 112 valence electrons. The minimum atomic E-state index is 0.0619. The smallest absolute Gasteiger partial charge is 0.159 e. The Morgan fingerprint density at radius 1 is 0.857 bits per heavy atom. The van der Waals surface area contributed by atoms with E-state index in [2.05, 4.69) is 0 Å². The van der Waals surface area contributed by atoms with Gasteiger partial charge in [-0.2, -0.15) is 0 Å². The first kappa shape index (κ1) is 18.6. The molecule has 0 aliphatic rings. The predicted octanol–water partition coefficient (Wildman–Crippen LogP) is 4.83. The van der Waals surface area contributed by atoms with Crippen molar-refractivity contribution in [2.45, 2.75) is 27.7 Å². The van der Waals surface area contributed by atoms with Gasteiger partial charge in [-0.1, -0.05) is 31.5 Å². The number of carbonyl (C=O) groups excluding carboxylic acids is 2. The highest BCUT2D eigenvalue weighted by Gasteiger charge is 2.00. The van der Waals surface area contributed by atoms with Crippen molar-refractivity contribution >= 4 is 12.6 Å². The first-order valence-electron chi connectivity index (χ1n) is 6.79. The van der Waals surface area contributed by atoms with E-state index in [-0.39, 0.29) is 5.78 Å². The van der Waals surface area contributed by atoms with Crippen LogP contribution in [-0.4, -0.2) is 12.6 Å². The topological polar surface area (TPSA) is 43.4 Å². The molecule has 0 N–H and O–H groups in total. The van der Waals surface area contributed by atoms with Gasteiger partial charge in [-0.05, 0) is 50.2 Å². The van der Waals surface area contributed by atoms with Gasteiger partial charge in [0.05, 0.1) is 0 Å². The second-order valence-electron chi connectivity index (χ2n) is 4.00. The molecule has 0 aromatic heterocycles. The molecular weight excluding hydrogens is 264 g/mol. The van der Waals surface area contributed by atoms with Crippen molar-refractivity contribution in [1.29, 1.82) is 0 Å². The number of Topliss-reactive ketones (excluding diaryl/α,β-unsaturated/α-hetero) is 1. The van der Waals surface area contributed by atoms with Crippen molar-refractivity contribution in [2.24, 2.45) is 0 Å². The van der Waals surface area contributed by atoms with Gasteiger partial charge >= 0.3 is 0 Å². The molecule has 0 unspecified atom stereocenters. The van der Waals surface area contributed by atoms with Crippen LogP contribution in [0, 0.1) is 6.92 Å². The molecule has 2 aromatic rings. The molecule has 0 heterocycles. The fourth-order valence-electron chi connectivity index (χ4n) is 1.50. The molecule has 0 aliphatic heterocycles. The molecule has 3 nitrogen and oxygen atoms in total. The highest BCUT2D eigenvalue weighted by molar-refractivity contribution is 5.94. The van der Waals surface area contributed by atoms with E-state index in [1.54, 1.807) is 31.2 Å². The zero-order valence-electron chi connectivity index (χ0n) is 13.1. The number of aryl methyl sites for hydroxylation is 1. The molecule has 21 heavy (non-hydrogen) atoms. The van der Waals surface area contributed by atoms with Gasteiger partial charge in [-0.25, -0.2) is 0 Å². The van der Waals surface area contributed by atoms with E-state index in [0.29, 0.717) is 5.56 Å². The molecule has 2 aromatic carbocycles. The number of hydrogen-bond acceptors (Lipinski definition) is 3. The Bertz CT molecular complexity index is 527. The van der Waals surface area contributed by atoms with Crippen LogP contribution in [0.5, 0.6) is 11.5 Å². The summed E-state index contributed by atoms with van der Waals surface area (Å²) in [5.74, 6) is 1.59. The highest BCUT2D eigenvalue weighted by Crippen LogP contribution is 2.21. The number of ketones is 1. The first-order valence-corrected chi connectivity index (χ1v) is 6.79. The van der Waals surface area contributed by atoms with E-state index in [9.17, 15) is 4.79 Å². The van der Waals surface area contributed by atoms with Crippen LogP contribution < -0.4 is 4.74 Å². The van der Waals surface area contributed by atoms with Crippen LogP contribution >= 0.6 is 0 Å². The average Bonchev–Trinajstić information content (AvgIpc) is 2.54. The van der Waals surface area contributed by atoms with Crippen LogP contribution in [-0.2, 0) is 4.79 Å². The second-order valence-corrected chi connectivity index (χ2v) is 4.00. The molecule has 3 heteroatoms. The van der Waals surface area contributed by atoms with E-state index >= 15 is 0 Å². The van der Waals surface area contributed by atoms with E-state index < -0.39 is 0 Å². The third-order valence-electron chi connectivity index (χ3n) is 2.52. The van der Waals surface area contributed by atoms with Crippen molar-refractivity contribution < 1.29 is 14.3 Å². The SMILES string of the molecule is C=O.CC.CC(=O)c1ccc(Oc2ccc(C)cc2)cc1. The summed E-state index contributed by atoms with van der Waals surface area (Å²) in [5, 5.41) is 0. The lowest BCUT2D eigenvalue weighted by atomic mass is 10.1. The zero-order chi connectivity index (χ0) is 16.3. The lowest BCUT2D eigenvalue weighted by molar-refractivity contribution is -0.0980. The third-order valence-corrected chi connectivity index (χ3v) is 2.52. The molecule has 0 fully saturated rings. The molecule has 0 saturated carbocycles. The summed E-state index contributed by atoms with van der Waals surface area (Å²) in [6.45, 7) is 9.58. The van der Waals surface area contributed by atoms with E-state index in [1.165, 1.54) is 5.56 Å². The van der Waals surface area contributed by atoms with Crippen molar-refractivity contribution in [1.82, 2.24) is 0 Å². The predicted molar refractivity (Wildman–Crippen MR) is 86.2 cm³/mol. The van der Waals surface area contributed by atoms with Crippen LogP contribution in [0.4, 0.5) is 0 Å². The first-order chi connectivity index (χ1) is 10.1. The maximum absolute atomic E-state index is 11.1. The maximum Gasteiger partial charge on any atom is 0.159 e. The van der Waals surface area contributed by atoms with Gasteiger partial charge in [-0.3, -0.25) is 4.79 Å². The highest BCUT2D eigenvalue weighted by atomic mass is 16.5. The van der Waals surface area contributed by atoms with Crippen LogP contribution in [0.15, 0.2) is 48.5 Å². The standard InChI is InChI=1S/C15H14O2.C2H6.CH2O/c1-11-3-7-14(8-4-11)17-15-9-5-13(6-10-15)12(2)16;2*1-2/h3-10H,1-2H3;1-2H3;1H2. The van der Waals surface area contributed by atoms with Gasteiger partial charge in [0.1, 0.15) is 18.3 Å². The van der Waals surface area contributed by atoms with Crippen molar-refractivity contribution in [3.05, 3.63) is 59.7 Å². The van der Waals surface area contributed by atoms with Gasteiger partial charge in [0.25, 0.3) is 0 Å². The summed E-state index contributed by atoms with van der Waals surface area (Å²) >= 11 is 0. The van der Waals surface area contributed by atoms with Gasteiger partial charge < -0.3 is 9.53 Å². The molecule has 0 amide bonds. The Kier molecular flexibility index (Phi) is 9.18. The fraction of sp³-hybridized carbons (Fsp3) is 0.222. The van der Waals surface area contributed by atoms with Crippen molar-refractivity contribution in [3.8, 4) is 11.5 Å². The minimum absolute atomic E-state index is 0.0619. The maximum atomic E-state index is 11.1. The number of benzene rings is 2. The minimum Gasteiger partial charge on any atom is -0.457 e. The molecule has 0 bridgehead atoms. The largest absolute Gasteiger partial charge is 0.457 e. The number of rotatable bonds is 3. The summed E-state index contributed by atoms with van der Waals surface area (Å²) in [7, 11) is 0. The monoisotopic (exact) mass is 286 g/mol. The van der Waals surface area contributed by atoms with Crippen LogP contribution in [0.1, 0.15) is 36.7 Å². The Balaban J connectivity index is 0.000000921. The normalized spacial score (nSPS) is 8.57. The fourth-order valence-corrected chi connectivity index (χ4v) is 1.50. The lowest BCUT2D eigenvalue weighted by Crippen LogP contribution is -1.91. The number of ether oxygens (including phenoxy) is 1. The summed E-state index contributed by atoms with van der Waals surface area (Å²) in [4.78, 5) is 19.1. The van der Waals surface area contributed by atoms with E-state index in [0.717, 1.165) is 11.5 Å². The molecular formula is C18H22O3. The average molecular weight is 286 g/mol. The quantitative estimate of drug-likeness (QED) is 0.759. The zero-order valence-corrected chi connectivity index (χ0v) is 13.1. The summed E-state index contributed by atoms with van der Waals surface area (Å²) in [6, 6.07) is 15.0. The summed E-state index contributed by atoms with van der Waals surface area (Å²) < 4.78 is 5.66. The Morgan fingerprint density at radius 3 is 1.62 bits per heavy atom. The Labute approximate surface area is 126 Å². The van der Waals surface area contributed by atoms with Gasteiger partial charge in [-0.15, -0.1) is 0 Å². The van der Waals surface area contributed by atoms with Crippen molar-refractivity contribution in [2.75, 3.05) is 0 Å². The van der Waals surface area contributed by atoms with Crippen LogP contribution in [0.2, 0.25) is 0 Å². The Hall–Kier alpha value is -2.42. The lowest BCUT2D eigenvalue weighted by Gasteiger charge is -2.06. The molecule has 0 atom stereocenters. The van der Waals surface area contributed by atoms with E-state index in [1.807, 2.05) is 51.8 Å². The summed E-state index contributed by atoms with van der Waals surface area (Å²) in [5.41, 5.74) is 1.89. The molecule has 0 aliphatic carbocycles. The summed E-state index contributed by atoms with van der Waals surface area (Å²) in [6.07, 6.45) is 0. The van der Waals surface area contributed by atoms with Crippen LogP contribution in [0.25, 0.3) is 0 Å². The molecule has 0 radical (unpaired) electrons. The number of hydrogen-bond donors (Lipinski definition) is 0.